The fourth-order valence-electron chi connectivity index (χ4n) is 3.10. The van der Waals surface area contributed by atoms with E-state index >= 15 is 0 Å². The van der Waals surface area contributed by atoms with E-state index in [0.29, 0.717) is 12.5 Å². The van der Waals surface area contributed by atoms with Crippen molar-refractivity contribution in [3.8, 4) is 0 Å². The molecule has 2 aliphatic rings. The van der Waals surface area contributed by atoms with E-state index in [-0.39, 0.29) is 21.6 Å². The fourth-order valence-corrected chi connectivity index (χ4v) is 5.05. The van der Waals surface area contributed by atoms with Gasteiger partial charge in [0.15, 0.2) is 0 Å². The Bertz CT molecular complexity index is 676. The summed E-state index contributed by atoms with van der Waals surface area (Å²) < 4.78 is 26.6. The van der Waals surface area contributed by atoms with Crippen LogP contribution in [0, 0.1) is 16.0 Å². The number of rotatable bonds is 3. The van der Waals surface area contributed by atoms with Crippen LogP contribution in [0.25, 0.3) is 0 Å². The number of benzene rings is 1. The lowest BCUT2D eigenvalue weighted by atomic mass is 10.1. The molecule has 0 N–H and O–H groups in total. The summed E-state index contributed by atoms with van der Waals surface area (Å²) in [5.41, 5.74) is -0.378. The van der Waals surface area contributed by atoms with E-state index in [0.717, 1.165) is 25.3 Å². The molecule has 0 aromatic heterocycles. The van der Waals surface area contributed by atoms with E-state index in [4.69, 9.17) is 11.6 Å². The van der Waals surface area contributed by atoms with Gasteiger partial charge in [0.1, 0.15) is 5.02 Å². The molecule has 8 heteroatoms. The summed E-state index contributed by atoms with van der Waals surface area (Å²) in [7, 11) is -3.67. The van der Waals surface area contributed by atoms with Crippen LogP contribution < -0.4 is 0 Å². The van der Waals surface area contributed by atoms with E-state index in [2.05, 4.69) is 0 Å². The molecule has 2 fully saturated rings. The number of hydrogen-bond donors (Lipinski definition) is 0. The molecular weight excluding hydrogens is 304 g/mol. The number of nitro benzene ring substituents is 1. The van der Waals surface area contributed by atoms with Gasteiger partial charge in [0.2, 0.25) is 10.0 Å². The Hall–Kier alpha value is -1.18. The highest BCUT2D eigenvalue weighted by Crippen LogP contribution is 2.41. The van der Waals surface area contributed by atoms with E-state index in [1.807, 2.05) is 0 Å². The number of nitro groups is 1. The molecule has 6 nitrogen and oxygen atoms in total. The third kappa shape index (κ3) is 2.10. The van der Waals surface area contributed by atoms with Gasteiger partial charge in [-0.05, 0) is 37.3 Å². The van der Waals surface area contributed by atoms with Crippen molar-refractivity contribution in [1.29, 1.82) is 0 Å². The SMILES string of the molecule is O=[N+]([O-])c1cc(S(=O)(=O)N2CC3CCC2C3)ccc1Cl. The minimum absolute atomic E-state index is 0.0414. The number of fused-ring (bicyclic) bond motifs is 2. The van der Waals surface area contributed by atoms with E-state index in [1.54, 1.807) is 0 Å². The average molecular weight is 317 g/mol. The minimum atomic E-state index is -3.67. The third-order valence-corrected chi connectivity index (χ3v) is 6.31. The van der Waals surface area contributed by atoms with Gasteiger partial charge in [0.05, 0.1) is 9.82 Å². The molecule has 0 radical (unpaired) electrons. The monoisotopic (exact) mass is 316 g/mol. The zero-order chi connectivity index (χ0) is 14.5. The Morgan fingerprint density at radius 2 is 2.10 bits per heavy atom. The Morgan fingerprint density at radius 3 is 2.65 bits per heavy atom. The Morgan fingerprint density at radius 1 is 1.35 bits per heavy atom. The Labute approximate surface area is 121 Å². The second kappa shape index (κ2) is 4.68. The quantitative estimate of drug-likeness (QED) is 0.633. The maximum absolute atomic E-state index is 12.6. The molecule has 0 spiro atoms. The Kier molecular flexibility index (Phi) is 3.23. The number of sulfonamides is 1. The van der Waals surface area contributed by atoms with Crippen LogP contribution in [0.3, 0.4) is 0 Å². The second-order valence-corrected chi connectivity index (χ2v) is 7.58. The van der Waals surface area contributed by atoms with Crippen LogP contribution >= 0.6 is 11.6 Å². The van der Waals surface area contributed by atoms with Gasteiger partial charge in [-0.3, -0.25) is 10.1 Å². The molecule has 1 aliphatic heterocycles. The minimum Gasteiger partial charge on any atom is -0.258 e. The largest absolute Gasteiger partial charge is 0.289 e. The van der Waals surface area contributed by atoms with Crippen molar-refractivity contribution in [2.45, 2.75) is 30.2 Å². The first-order valence-electron chi connectivity index (χ1n) is 6.35. The molecule has 1 aromatic carbocycles. The van der Waals surface area contributed by atoms with Crippen molar-refractivity contribution in [3.05, 3.63) is 33.3 Å². The van der Waals surface area contributed by atoms with E-state index in [1.165, 1.54) is 16.4 Å². The molecule has 1 aliphatic carbocycles. The second-order valence-electron chi connectivity index (χ2n) is 5.28. The summed E-state index contributed by atoms with van der Waals surface area (Å²) in [4.78, 5) is 10.1. The highest BCUT2D eigenvalue weighted by molar-refractivity contribution is 7.89. The zero-order valence-corrected chi connectivity index (χ0v) is 12.1. The smallest absolute Gasteiger partial charge is 0.258 e. The summed E-state index contributed by atoms with van der Waals surface area (Å²) in [5.74, 6) is 0.428. The highest BCUT2D eigenvalue weighted by Gasteiger charge is 2.44. The van der Waals surface area contributed by atoms with Crippen LogP contribution in [-0.2, 0) is 10.0 Å². The molecule has 2 bridgehead atoms. The first-order chi connectivity index (χ1) is 9.39. The lowest BCUT2D eigenvalue weighted by Crippen LogP contribution is -2.37. The maximum atomic E-state index is 12.6. The third-order valence-electron chi connectivity index (χ3n) is 4.08. The molecule has 0 amide bonds. The summed E-state index contributed by atoms with van der Waals surface area (Å²) in [6.07, 6.45) is 2.84. The molecule has 1 saturated carbocycles. The molecule has 1 heterocycles. The van der Waals surface area contributed by atoms with Gasteiger partial charge in [-0.15, -0.1) is 0 Å². The standard InChI is InChI=1S/C12H13ClN2O4S/c13-11-4-3-10(6-12(11)15(16)17)20(18,19)14-7-8-1-2-9(14)5-8/h3-4,6,8-9H,1-2,5,7H2. The van der Waals surface area contributed by atoms with Crippen molar-refractivity contribution in [2.75, 3.05) is 6.54 Å². The molecule has 3 rings (SSSR count). The van der Waals surface area contributed by atoms with Crippen LogP contribution in [-0.4, -0.2) is 30.2 Å². The summed E-state index contributed by atoms with van der Waals surface area (Å²) in [5, 5.41) is 10.8. The summed E-state index contributed by atoms with van der Waals surface area (Å²) >= 11 is 5.71. The van der Waals surface area contributed by atoms with Crippen LogP contribution in [0.2, 0.25) is 5.02 Å². The van der Waals surface area contributed by atoms with E-state index < -0.39 is 14.9 Å². The van der Waals surface area contributed by atoms with Gasteiger partial charge < -0.3 is 0 Å². The normalized spacial score (nSPS) is 26.1. The predicted octanol–water partition coefficient (Wildman–Crippen LogP) is 2.42. The van der Waals surface area contributed by atoms with Crippen LogP contribution in [0.5, 0.6) is 0 Å². The molecule has 1 aromatic rings. The van der Waals surface area contributed by atoms with Crippen molar-refractivity contribution in [2.24, 2.45) is 5.92 Å². The molecule has 20 heavy (non-hydrogen) atoms. The maximum Gasteiger partial charge on any atom is 0.289 e. The molecular formula is C12H13ClN2O4S. The zero-order valence-electron chi connectivity index (χ0n) is 10.5. The molecule has 2 unspecified atom stereocenters. The molecule has 108 valence electrons. The fraction of sp³-hybridized carbons (Fsp3) is 0.500. The van der Waals surface area contributed by atoms with Gasteiger partial charge in [-0.25, -0.2) is 8.42 Å². The molecule has 1 saturated heterocycles. The van der Waals surface area contributed by atoms with Crippen LogP contribution in [0.1, 0.15) is 19.3 Å². The lowest BCUT2D eigenvalue weighted by molar-refractivity contribution is -0.384. The number of halogens is 1. The predicted molar refractivity (Wildman–Crippen MR) is 73.1 cm³/mol. The van der Waals surface area contributed by atoms with Gasteiger partial charge >= 0.3 is 0 Å². The summed E-state index contributed by atoms with van der Waals surface area (Å²) in [6, 6.07) is 3.68. The first-order valence-corrected chi connectivity index (χ1v) is 8.17. The van der Waals surface area contributed by atoms with Gasteiger partial charge in [-0.2, -0.15) is 4.31 Å². The molecule has 2 atom stereocenters. The number of piperidine rings is 1. The topological polar surface area (TPSA) is 80.5 Å². The average Bonchev–Trinajstić information content (AvgIpc) is 3.01. The van der Waals surface area contributed by atoms with Crippen molar-refractivity contribution in [3.63, 3.8) is 0 Å². The van der Waals surface area contributed by atoms with Gasteiger partial charge in [-0.1, -0.05) is 11.6 Å². The highest BCUT2D eigenvalue weighted by atomic mass is 35.5. The van der Waals surface area contributed by atoms with Crippen molar-refractivity contribution >= 4 is 27.3 Å². The summed E-state index contributed by atoms with van der Waals surface area (Å²) in [6.45, 7) is 0.517. The van der Waals surface area contributed by atoms with Crippen LogP contribution in [0.4, 0.5) is 5.69 Å². The van der Waals surface area contributed by atoms with Crippen LogP contribution in [0.15, 0.2) is 23.1 Å². The Balaban J connectivity index is 2.00. The van der Waals surface area contributed by atoms with Gasteiger partial charge in [0, 0.05) is 18.7 Å². The number of nitrogens with zero attached hydrogens (tertiary/aromatic N) is 2. The van der Waals surface area contributed by atoms with Crippen molar-refractivity contribution < 1.29 is 13.3 Å². The lowest BCUT2D eigenvalue weighted by Gasteiger charge is -2.26. The number of hydrogen-bond acceptors (Lipinski definition) is 4. The van der Waals surface area contributed by atoms with Crippen molar-refractivity contribution in [1.82, 2.24) is 4.31 Å². The first kappa shape index (κ1) is 13.8. The van der Waals surface area contributed by atoms with Gasteiger partial charge in [0.25, 0.3) is 5.69 Å². The van der Waals surface area contributed by atoms with E-state index in [9.17, 15) is 18.5 Å².